The second-order valence-corrected chi connectivity index (χ2v) is 7.24. The van der Waals surface area contributed by atoms with Crippen molar-refractivity contribution in [1.82, 2.24) is 10.2 Å². The van der Waals surface area contributed by atoms with E-state index in [2.05, 4.69) is 37.1 Å². The van der Waals surface area contributed by atoms with Crippen LogP contribution in [0.5, 0.6) is 0 Å². The summed E-state index contributed by atoms with van der Waals surface area (Å²) < 4.78 is 0. The molecule has 21 heavy (non-hydrogen) atoms. The number of nitrogens with one attached hydrogen (secondary N) is 1. The van der Waals surface area contributed by atoms with Crippen molar-refractivity contribution in [2.45, 2.75) is 51.6 Å². The van der Waals surface area contributed by atoms with Gasteiger partial charge in [-0.3, -0.25) is 4.90 Å². The predicted molar refractivity (Wildman–Crippen MR) is 92.5 cm³/mol. The number of hydrogen-bond acceptors (Lipinski definition) is 2. The molecule has 0 amide bonds. The third-order valence-electron chi connectivity index (χ3n) is 4.66. The van der Waals surface area contributed by atoms with Crippen LogP contribution in [-0.2, 0) is 6.42 Å². The van der Waals surface area contributed by atoms with Gasteiger partial charge in [-0.25, -0.2) is 0 Å². The van der Waals surface area contributed by atoms with Gasteiger partial charge in [-0.15, -0.1) is 0 Å². The Morgan fingerprint density at radius 1 is 1.24 bits per heavy atom. The van der Waals surface area contributed by atoms with Crippen molar-refractivity contribution in [1.29, 1.82) is 0 Å². The molecule has 1 atom stereocenters. The third-order valence-corrected chi connectivity index (χ3v) is 5.25. The molecule has 2 rings (SSSR count). The van der Waals surface area contributed by atoms with E-state index < -0.39 is 0 Å². The number of nitrogens with zero attached hydrogens (tertiary/aromatic N) is 1. The first-order chi connectivity index (χ1) is 9.95. The van der Waals surface area contributed by atoms with E-state index in [-0.39, 0.29) is 5.54 Å². The highest BCUT2D eigenvalue weighted by atomic mass is 35.5. The summed E-state index contributed by atoms with van der Waals surface area (Å²) in [7, 11) is 0. The molecule has 0 aliphatic carbocycles. The van der Waals surface area contributed by atoms with Crippen LogP contribution in [0, 0.1) is 0 Å². The number of halogens is 2. The maximum absolute atomic E-state index is 6.36. The van der Waals surface area contributed by atoms with Gasteiger partial charge in [0, 0.05) is 21.6 Å². The Hall–Kier alpha value is -0.280. The minimum absolute atomic E-state index is 0.121. The molecule has 1 heterocycles. The molecule has 0 aromatic heterocycles. The first-order valence-corrected chi connectivity index (χ1v) is 8.63. The predicted octanol–water partition coefficient (Wildman–Crippen LogP) is 4.39. The molecule has 1 unspecified atom stereocenters. The number of benzene rings is 1. The lowest BCUT2D eigenvalue weighted by atomic mass is 9.87. The highest BCUT2D eigenvalue weighted by Crippen LogP contribution is 2.29. The van der Waals surface area contributed by atoms with E-state index in [1.54, 1.807) is 0 Å². The molecular weight excluding hydrogens is 303 g/mol. The van der Waals surface area contributed by atoms with Crippen LogP contribution in [-0.4, -0.2) is 36.1 Å². The lowest BCUT2D eigenvalue weighted by Crippen LogP contribution is -2.57. The summed E-state index contributed by atoms with van der Waals surface area (Å²) in [5, 5.41) is 5.12. The Balaban J connectivity index is 2.17. The molecule has 1 aromatic rings. The van der Waals surface area contributed by atoms with Gasteiger partial charge in [-0.05, 0) is 70.4 Å². The van der Waals surface area contributed by atoms with Crippen LogP contribution >= 0.6 is 23.2 Å². The lowest BCUT2D eigenvalue weighted by molar-refractivity contribution is 0.107. The van der Waals surface area contributed by atoms with Crippen LogP contribution in [0.25, 0.3) is 0 Å². The van der Waals surface area contributed by atoms with Gasteiger partial charge >= 0.3 is 0 Å². The average molecular weight is 329 g/mol. The van der Waals surface area contributed by atoms with Gasteiger partial charge in [0.25, 0.3) is 0 Å². The molecule has 0 radical (unpaired) electrons. The van der Waals surface area contributed by atoms with Crippen LogP contribution in [0.3, 0.4) is 0 Å². The maximum atomic E-state index is 6.36. The van der Waals surface area contributed by atoms with Gasteiger partial charge < -0.3 is 5.32 Å². The van der Waals surface area contributed by atoms with E-state index >= 15 is 0 Å². The molecule has 4 heteroatoms. The number of likely N-dealkylation sites (N-methyl/N-ethyl adjacent to an activating group) is 1. The molecule has 1 saturated heterocycles. The van der Waals surface area contributed by atoms with Crippen LogP contribution in [0.15, 0.2) is 18.2 Å². The summed E-state index contributed by atoms with van der Waals surface area (Å²) in [6, 6.07) is 6.19. The van der Waals surface area contributed by atoms with Gasteiger partial charge in [0.15, 0.2) is 0 Å². The SMILES string of the molecule is CCNC(Cc1ccc(Cl)cc1Cl)C(C)(C)N1CCCC1. The van der Waals surface area contributed by atoms with Crippen LogP contribution in [0.4, 0.5) is 0 Å². The molecule has 1 N–H and O–H groups in total. The van der Waals surface area contributed by atoms with E-state index in [0.717, 1.165) is 18.0 Å². The Morgan fingerprint density at radius 3 is 2.48 bits per heavy atom. The van der Waals surface area contributed by atoms with Crippen molar-refractivity contribution in [2.24, 2.45) is 0 Å². The third kappa shape index (κ3) is 4.13. The van der Waals surface area contributed by atoms with E-state index in [4.69, 9.17) is 23.2 Å². The first-order valence-electron chi connectivity index (χ1n) is 7.87. The molecule has 0 bridgehead atoms. The van der Waals surface area contributed by atoms with Gasteiger partial charge in [0.2, 0.25) is 0 Å². The van der Waals surface area contributed by atoms with Crippen molar-refractivity contribution in [3.05, 3.63) is 33.8 Å². The Bertz CT molecular complexity index is 468. The molecule has 1 aromatic carbocycles. The second-order valence-electron chi connectivity index (χ2n) is 6.40. The van der Waals surface area contributed by atoms with E-state index in [9.17, 15) is 0 Å². The monoisotopic (exact) mass is 328 g/mol. The van der Waals surface area contributed by atoms with Crippen molar-refractivity contribution in [3.8, 4) is 0 Å². The fraction of sp³-hybridized carbons (Fsp3) is 0.647. The Labute approximate surface area is 138 Å². The average Bonchev–Trinajstić information content (AvgIpc) is 2.95. The number of likely N-dealkylation sites (tertiary alicyclic amines) is 1. The molecular formula is C17H26Cl2N2. The zero-order valence-electron chi connectivity index (χ0n) is 13.3. The minimum atomic E-state index is 0.121. The lowest BCUT2D eigenvalue weighted by Gasteiger charge is -2.43. The van der Waals surface area contributed by atoms with E-state index in [1.165, 1.54) is 31.5 Å². The normalized spacial score (nSPS) is 18.1. The van der Waals surface area contributed by atoms with Crippen LogP contribution < -0.4 is 5.32 Å². The maximum Gasteiger partial charge on any atom is 0.0453 e. The molecule has 0 saturated carbocycles. The van der Waals surface area contributed by atoms with Crippen molar-refractivity contribution >= 4 is 23.2 Å². The molecule has 1 aliphatic heterocycles. The number of hydrogen-bond donors (Lipinski definition) is 1. The largest absolute Gasteiger partial charge is 0.312 e. The fourth-order valence-corrected chi connectivity index (χ4v) is 3.72. The quantitative estimate of drug-likeness (QED) is 0.833. The van der Waals surface area contributed by atoms with Crippen molar-refractivity contribution in [2.75, 3.05) is 19.6 Å². The summed E-state index contributed by atoms with van der Waals surface area (Å²) in [5.74, 6) is 0. The van der Waals surface area contributed by atoms with Crippen molar-refractivity contribution in [3.63, 3.8) is 0 Å². The zero-order chi connectivity index (χ0) is 15.5. The molecule has 1 fully saturated rings. The zero-order valence-corrected chi connectivity index (χ0v) is 14.8. The Kier molecular flexibility index (Phi) is 5.96. The van der Waals surface area contributed by atoms with Gasteiger partial charge in [-0.2, -0.15) is 0 Å². The fourth-order valence-electron chi connectivity index (χ4n) is 3.24. The first kappa shape index (κ1) is 17.1. The number of rotatable bonds is 6. The van der Waals surface area contributed by atoms with E-state index in [0.29, 0.717) is 11.1 Å². The second kappa shape index (κ2) is 7.32. The van der Waals surface area contributed by atoms with Crippen LogP contribution in [0.1, 0.15) is 39.2 Å². The van der Waals surface area contributed by atoms with Gasteiger partial charge in [0.1, 0.15) is 0 Å². The van der Waals surface area contributed by atoms with Crippen LogP contribution in [0.2, 0.25) is 10.0 Å². The summed E-state index contributed by atoms with van der Waals surface area (Å²) in [6.07, 6.45) is 3.54. The summed E-state index contributed by atoms with van der Waals surface area (Å²) in [5.41, 5.74) is 1.29. The summed E-state index contributed by atoms with van der Waals surface area (Å²) in [4.78, 5) is 2.60. The van der Waals surface area contributed by atoms with Gasteiger partial charge in [-0.1, -0.05) is 36.2 Å². The molecule has 118 valence electrons. The topological polar surface area (TPSA) is 15.3 Å². The van der Waals surface area contributed by atoms with Gasteiger partial charge in [0.05, 0.1) is 0 Å². The Morgan fingerprint density at radius 2 is 1.90 bits per heavy atom. The highest BCUT2D eigenvalue weighted by Gasteiger charge is 2.36. The van der Waals surface area contributed by atoms with E-state index in [1.807, 2.05) is 12.1 Å². The summed E-state index contributed by atoms with van der Waals surface area (Å²) >= 11 is 12.4. The summed E-state index contributed by atoms with van der Waals surface area (Å²) in [6.45, 7) is 10.2. The minimum Gasteiger partial charge on any atom is -0.312 e. The molecule has 2 nitrogen and oxygen atoms in total. The highest BCUT2D eigenvalue weighted by molar-refractivity contribution is 6.35. The smallest absolute Gasteiger partial charge is 0.0453 e. The molecule has 1 aliphatic rings. The molecule has 0 spiro atoms. The standard InChI is InChI=1S/C17H26Cl2N2/c1-4-20-16(17(2,3)21-9-5-6-10-21)11-13-7-8-14(18)12-15(13)19/h7-8,12,16,20H,4-6,9-11H2,1-3H3. The van der Waals surface area contributed by atoms with Crippen molar-refractivity contribution < 1.29 is 0 Å².